The van der Waals surface area contributed by atoms with Gasteiger partial charge in [-0.05, 0) is 74.9 Å². The molecule has 0 unspecified atom stereocenters. The van der Waals surface area contributed by atoms with Crippen LogP contribution in [0.15, 0.2) is 66.7 Å². The molecular formula is C27H29NO2S2. The van der Waals surface area contributed by atoms with E-state index in [1.54, 1.807) is 32.1 Å². The van der Waals surface area contributed by atoms with Crippen molar-refractivity contribution in [3.8, 4) is 10.6 Å². The van der Waals surface area contributed by atoms with Crippen LogP contribution in [0.2, 0.25) is 0 Å². The third-order valence-corrected chi connectivity index (χ3v) is 9.41. The van der Waals surface area contributed by atoms with Crippen molar-refractivity contribution in [3.63, 3.8) is 0 Å². The van der Waals surface area contributed by atoms with Crippen molar-refractivity contribution in [2.24, 2.45) is 0 Å². The van der Waals surface area contributed by atoms with Crippen LogP contribution in [-0.2, 0) is 28.4 Å². The number of benzene rings is 3. The summed E-state index contributed by atoms with van der Waals surface area (Å²) < 4.78 is 25.3. The molecule has 4 aromatic rings. The Bertz CT molecular complexity index is 1330. The number of aryl methyl sites for hydroxylation is 3. The molecule has 0 fully saturated rings. The maximum Gasteiger partial charge on any atom is 0.159 e. The summed E-state index contributed by atoms with van der Waals surface area (Å²) in [7, 11) is -3.16. The fraction of sp³-hybridized carbons (Fsp3) is 0.296. The lowest BCUT2D eigenvalue weighted by molar-refractivity contribution is 0.559. The topological polar surface area (TPSA) is 47.0 Å². The minimum atomic E-state index is -3.16. The van der Waals surface area contributed by atoms with Crippen molar-refractivity contribution in [1.29, 1.82) is 0 Å². The zero-order valence-corrected chi connectivity index (χ0v) is 20.7. The molecule has 0 aliphatic rings. The molecule has 32 heavy (non-hydrogen) atoms. The summed E-state index contributed by atoms with van der Waals surface area (Å²) in [5, 5.41) is 1.05. The summed E-state index contributed by atoms with van der Waals surface area (Å²) in [5.41, 5.74) is 6.80. The number of aromatic nitrogens is 1. The van der Waals surface area contributed by atoms with Crippen LogP contribution in [0.1, 0.15) is 43.0 Å². The Morgan fingerprint density at radius 3 is 1.97 bits per heavy atom. The second-order valence-electron chi connectivity index (χ2n) is 9.38. The molecule has 1 heterocycles. The summed E-state index contributed by atoms with van der Waals surface area (Å²) in [6.45, 7) is 7.36. The first-order valence-electron chi connectivity index (χ1n) is 10.9. The SMILES string of the molecule is Cc1ccc2nc(-c3ccc(CCc4ccc(CS(=O)(=O)C(C)(C)C)cc4)cc3)sc2c1. The summed E-state index contributed by atoms with van der Waals surface area (Å²) in [6, 6.07) is 23.0. The number of fused-ring (bicyclic) bond motifs is 1. The van der Waals surface area contributed by atoms with Gasteiger partial charge in [-0.15, -0.1) is 11.3 Å². The third-order valence-electron chi connectivity index (χ3n) is 5.76. The van der Waals surface area contributed by atoms with E-state index in [4.69, 9.17) is 4.98 Å². The molecule has 4 rings (SSSR count). The van der Waals surface area contributed by atoms with E-state index >= 15 is 0 Å². The first-order chi connectivity index (χ1) is 15.1. The van der Waals surface area contributed by atoms with Crippen molar-refractivity contribution in [3.05, 3.63) is 89.0 Å². The highest BCUT2D eigenvalue weighted by molar-refractivity contribution is 7.91. The smallest absolute Gasteiger partial charge is 0.159 e. The summed E-state index contributed by atoms with van der Waals surface area (Å²) in [5.74, 6) is 0.0869. The largest absolute Gasteiger partial charge is 0.236 e. The Morgan fingerprint density at radius 1 is 0.812 bits per heavy atom. The highest BCUT2D eigenvalue weighted by Crippen LogP contribution is 2.31. The van der Waals surface area contributed by atoms with Crippen LogP contribution in [0.3, 0.4) is 0 Å². The molecule has 0 aliphatic heterocycles. The summed E-state index contributed by atoms with van der Waals surface area (Å²) in [4.78, 5) is 4.77. The first kappa shape index (κ1) is 22.7. The molecule has 5 heteroatoms. The molecule has 0 radical (unpaired) electrons. The minimum absolute atomic E-state index is 0.0869. The van der Waals surface area contributed by atoms with Gasteiger partial charge in [0, 0.05) is 5.56 Å². The maximum absolute atomic E-state index is 12.4. The second-order valence-corrected chi connectivity index (χ2v) is 13.1. The monoisotopic (exact) mass is 463 g/mol. The third kappa shape index (κ3) is 5.11. The van der Waals surface area contributed by atoms with Gasteiger partial charge in [0.05, 0.1) is 20.7 Å². The summed E-state index contributed by atoms with van der Waals surface area (Å²) in [6.07, 6.45) is 1.87. The van der Waals surface area contributed by atoms with Crippen LogP contribution in [-0.4, -0.2) is 18.1 Å². The molecule has 3 aromatic carbocycles. The fourth-order valence-corrected chi connectivity index (χ4v) is 5.63. The molecular weight excluding hydrogens is 434 g/mol. The molecule has 3 nitrogen and oxygen atoms in total. The van der Waals surface area contributed by atoms with Gasteiger partial charge < -0.3 is 0 Å². The molecule has 1 aromatic heterocycles. The van der Waals surface area contributed by atoms with Crippen LogP contribution in [0.4, 0.5) is 0 Å². The van der Waals surface area contributed by atoms with Crippen molar-refractivity contribution in [1.82, 2.24) is 4.98 Å². The van der Waals surface area contributed by atoms with E-state index in [2.05, 4.69) is 49.4 Å². The van der Waals surface area contributed by atoms with E-state index in [1.165, 1.54) is 21.4 Å². The average molecular weight is 464 g/mol. The van der Waals surface area contributed by atoms with Crippen LogP contribution in [0.25, 0.3) is 20.8 Å². The van der Waals surface area contributed by atoms with E-state index < -0.39 is 14.6 Å². The first-order valence-corrected chi connectivity index (χ1v) is 13.3. The van der Waals surface area contributed by atoms with Gasteiger partial charge in [-0.3, -0.25) is 0 Å². The standard InChI is InChI=1S/C27H29NO2S2/c1-19-5-16-24-25(17-19)31-26(28-24)23-14-12-21(13-15-23)7-6-20-8-10-22(11-9-20)18-32(29,30)27(2,3)4/h5,8-17H,6-7,18H2,1-4H3. The van der Waals surface area contributed by atoms with E-state index in [0.29, 0.717) is 0 Å². The molecule has 0 aliphatic carbocycles. The Morgan fingerprint density at radius 2 is 1.38 bits per heavy atom. The molecule has 0 saturated heterocycles. The average Bonchev–Trinajstić information content (AvgIpc) is 3.16. The van der Waals surface area contributed by atoms with E-state index in [9.17, 15) is 8.42 Å². The highest BCUT2D eigenvalue weighted by Gasteiger charge is 2.28. The fourth-order valence-electron chi connectivity index (χ4n) is 3.50. The lowest BCUT2D eigenvalue weighted by Gasteiger charge is -2.19. The van der Waals surface area contributed by atoms with Crippen LogP contribution in [0.5, 0.6) is 0 Å². The number of hydrogen-bond donors (Lipinski definition) is 0. The highest BCUT2D eigenvalue weighted by atomic mass is 32.2. The van der Waals surface area contributed by atoms with Gasteiger partial charge in [-0.25, -0.2) is 13.4 Å². The van der Waals surface area contributed by atoms with Crippen molar-refractivity contribution in [2.75, 3.05) is 0 Å². The van der Waals surface area contributed by atoms with Crippen LogP contribution < -0.4 is 0 Å². The zero-order chi connectivity index (χ0) is 22.9. The van der Waals surface area contributed by atoms with Gasteiger partial charge in [0.15, 0.2) is 9.84 Å². The number of thiazole rings is 1. The van der Waals surface area contributed by atoms with Crippen LogP contribution >= 0.6 is 11.3 Å². The van der Waals surface area contributed by atoms with E-state index in [-0.39, 0.29) is 5.75 Å². The van der Waals surface area contributed by atoms with Crippen LogP contribution in [0, 0.1) is 6.92 Å². The van der Waals surface area contributed by atoms with E-state index in [0.717, 1.165) is 34.5 Å². The van der Waals surface area contributed by atoms with Gasteiger partial charge in [0.25, 0.3) is 0 Å². The Kier molecular flexibility index (Phi) is 6.24. The lowest BCUT2D eigenvalue weighted by Crippen LogP contribution is -2.29. The molecule has 0 N–H and O–H groups in total. The molecule has 0 bridgehead atoms. The Balaban J connectivity index is 1.39. The van der Waals surface area contributed by atoms with Crippen molar-refractivity contribution in [2.45, 2.75) is 51.0 Å². The Hall–Kier alpha value is -2.50. The number of rotatable bonds is 6. The number of hydrogen-bond acceptors (Lipinski definition) is 4. The van der Waals surface area contributed by atoms with Gasteiger partial charge in [-0.2, -0.15) is 0 Å². The minimum Gasteiger partial charge on any atom is -0.236 e. The van der Waals surface area contributed by atoms with Gasteiger partial charge in [0.1, 0.15) is 5.01 Å². The Labute approximate surface area is 195 Å². The number of sulfone groups is 1. The molecule has 0 saturated carbocycles. The molecule has 166 valence electrons. The summed E-state index contributed by atoms with van der Waals surface area (Å²) >= 11 is 1.73. The zero-order valence-electron chi connectivity index (χ0n) is 19.1. The quantitative estimate of drug-likeness (QED) is 0.317. The van der Waals surface area contributed by atoms with E-state index in [1.807, 2.05) is 24.3 Å². The lowest BCUT2D eigenvalue weighted by atomic mass is 10.0. The molecule has 0 atom stereocenters. The van der Waals surface area contributed by atoms with Gasteiger partial charge in [0.2, 0.25) is 0 Å². The maximum atomic E-state index is 12.4. The van der Waals surface area contributed by atoms with Gasteiger partial charge in [-0.1, -0.05) is 54.6 Å². The molecule has 0 amide bonds. The predicted molar refractivity (Wildman–Crippen MR) is 136 cm³/mol. The van der Waals surface area contributed by atoms with Gasteiger partial charge >= 0.3 is 0 Å². The van der Waals surface area contributed by atoms with Crippen molar-refractivity contribution >= 4 is 31.4 Å². The predicted octanol–water partition coefficient (Wildman–Crippen LogP) is 6.77. The second kappa shape index (κ2) is 8.80. The molecule has 0 spiro atoms. The van der Waals surface area contributed by atoms with Crippen molar-refractivity contribution < 1.29 is 8.42 Å². The normalized spacial score (nSPS) is 12.4. The number of nitrogens with zero attached hydrogens (tertiary/aromatic N) is 1.